The Bertz CT molecular complexity index is 1560. The number of aromatic carboxylic acids is 1. The molecule has 3 N–H and O–H groups in total. The molecule has 0 spiro atoms. The Morgan fingerprint density at radius 3 is 2.28 bits per heavy atom. The van der Waals surface area contributed by atoms with Crippen molar-refractivity contribution >= 4 is 23.7 Å². The van der Waals surface area contributed by atoms with Crippen molar-refractivity contribution in [3.8, 4) is 16.9 Å². The molecule has 3 heterocycles. The first-order valence-corrected chi connectivity index (χ1v) is 14.6. The number of aromatic hydroxyl groups is 1. The molecular formula is C33H40N4O6. The summed E-state index contributed by atoms with van der Waals surface area (Å²) < 4.78 is 7.19. The third kappa shape index (κ3) is 6.33. The lowest BCUT2D eigenvalue weighted by Crippen LogP contribution is -2.56. The van der Waals surface area contributed by atoms with Gasteiger partial charge in [0.1, 0.15) is 17.0 Å². The maximum Gasteiger partial charge on any atom is 0.410 e. The molecule has 5 rings (SSSR count). The minimum Gasteiger partial charge on any atom is -0.508 e. The number of amides is 2. The molecule has 10 heteroatoms. The minimum atomic E-state index is -1.04. The van der Waals surface area contributed by atoms with Crippen molar-refractivity contribution in [3.05, 3.63) is 71.0 Å². The normalized spacial score (nSPS) is 18.8. The number of rotatable bonds is 6. The van der Waals surface area contributed by atoms with Gasteiger partial charge in [-0.1, -0.05) is 6.07 Å². The number of carboxylic acid groups (broad SMARTS) is 1. The van der Waals surface area contributed by atoms with Crippen molar-refractivity contribution in [2.45, 2.75) is 71.2 Å². The number of anilines is 1. The summed E-state index contributed by atoms with van der Waals surface area (Å²) >= 11 is 0. The second kappa shape index (κ2) is 11.3. The Balaban J connectivity index is 1.31. The number of benzene rings is 2. The zero-order valence-electron chi connectivity index (χ0n) is 25.5. The van der Waals surface area contributed by atoms with Crippen LogP contribution in [0.15, 0.2) is 48.7 Å². The average Bonchev–Trinajstić information content (AvgIpc) is 3.44. The Kier molecular flexibility index (Phi) is 7.89. The minimum absolute atomic E-state index is 0.0210. The lowest BCUT2D eigenvalue weighted by atomic mass is 10.00. The molecular weight excluding hydrogens is 548 g/mol. The van der Waals surface area contributed by atoms with Gasteiger partial charge < -0.3 is 29.7 Å². The van der Waals surface area contributed by atoms with E-state index in [4.69, 9.17) is 4.74 Å². The second-order valence-corrected chi connectivity index (χ2v) is 12.7. The number of carbonyl (C=O) groups excluding carboxylic acids is 2. The van der Waals surface area contributed by atoms with Gasteiger partial charge in [-0.15, -0.1) is 0 Å². The van der Waals surface area contributed by atoms with Gasteiger partial charge in [-0.25, -0.2) is 9.59 Å². The van der Waals surface area contributed by atoms with Crippen molar-refractivity contribution in [2.24, 2.45) is 7.05 Å². The summed E-state index contributed by atoms with van der Waals surface area (Å²) in [6.07, 6.45) is 3.27. The van der Waals surface area contributed by atoms with Gasteiger partial charge in [-0.2, -0.15) is 0 Å². The Labute approximate surface area is 251 Å². The molecule has 1 aromatic heterocycles. The third-order valence-corrected chi connectivity index (χ3v) is 8.26. The van der Waals surface area contributed by atoms with E-state index in [1.807, 2.05) is 63.8 Å². The van der Waals surface area contributed by atoms with Crippen LogP contribution in [0.3, 0.4) is 0 Å². The first kappa shape index (κ1) is 30.0. The number of fused-ring (bicyclic) bond motifs is 2. The fourth-order valence-corrected chi connectivity index (χ4v) is 6.12. The molecule has 2 fully saturated rings. The van der Waals surface area contributed by atoms with Crippen LogP contribution in [-0.4, -0.2) is 68.4 Å². The molecule has 228 valence electrons. The number of hydrogen-bond acceptors (Lipinski definition) is 6. The number of nitrogens with zero attached hydrogens (tertiary/aromatic N) is 3. The predicted molar refractivity (Wildman–Crippen MR) is 164 cm³/mol. The predicted octanol–water partition coefficient (Wildman–Crippen LogP) is 5.48. The summed E-state index contributed by atoms with van der Waals surface area (Å²) in [4.78, 5) is 42.1. The van der Waals surface area contributed by atoms with Crippen molar-refractivity contribution in [1.29, 1.82) is 0 Å². The van der Waals surface area contributed by atoms with Gasteiger partial charge in [0.15, 0.2) is 0 Å². The molecule has 2 aromatic carbocycles. The maximum absolute atomic E-state index is 13.5. The van der Waals surface area contributed by atoms with Gasteiger partial charge in [0.05, 0.1) is 18.1 Å². The van der Waals surface area contributed by atoms with E-state index in [0.29, 0.717) is 35.3 Å². The fraction of sp³-hybridized carbons (Fsp3) is 0.424. The van der Waals surface area contributed by atoms with Gasteiger partial charge in [-0.05, 0) is 101 Å². The molecule has 3 aromatic rings. The second-order valence-electron chi connectivity index (χ2n) is 12.7. The summed E-state index contributed by atoms with van der Waals surface area (Å²) in [5.41, 5.74) is 3.91. The fourth-order valence-electron chi connectivity index (χ4n) is 6.12. The molecule has 0 unspecified atom stereocenters. The van der Waals surface area contributed by atoms with Crippen LogP contribution in [0.2, 0.25) is 0 Å². The largest absolute Gasteiger partial charge is 0.508 e. The Morgan fingerprint density at radius 2 is 1.67 bits per heavy atom. The zero-order valence-corrected chi connectivity index (χ0v) is 25.5. The van der Waals surface area contributed by atoms with E-state index in [2.05, 4.69) is 10.2 Å². The van der Waals surface area contributed by atoms with Crippen LogP contribution >= 0.6 is 0 Å². The SMILES string of the molecule is Cc1ccc(N2C[C@H]3CC[C@@H](C2)N3C(=O)OC(C)(C)C)cc1C(=O)N[C@H](C)c1cc(O)cc(-c2cc(C(=O)O)n(C)c2)c1. The van der Waals surface area contributed by atoms with Gasteiger partial charge in [0.25, 0.3) is 5.91 Å². The van der Waals surface area contributed by atoms with Crippen molar-refractivity contribution in [3.63, 3.8) is 0 Å². The highest BCUT2D eigenvalue weighted by Gasteiger charge is 2.44. The van der Waals surface area contributed by atoms with Crippen molar-refractivity contribution in [1.82, 2.24) is 14.8 Å². The smallest absolute Gasteiger partial charge is 0.410 e. The van der Waals surface area contributed by atoms with Crippen LogP contribution in [0.25, 0.3) is 11.1 Å². The molecule has 0 saturated carbocycles. The number of hydrogen-bond donors (Lipinski definition) is 3. The zero-order chi connectivity index (χ0) is 31.2. The lowest BCUT2D eigenvalue weighted by Gasteiger charge is -2.42. The molecule has 10 nitrogen and oxygen atoms in total. The summed E-state index contributed by atoms with van der Waals surface area (Å²) in [5.74, 6) is -1.25. The number of piperazine rings is 1. The maximum atomic E-state index is 13.5. The summed E-state index contributed by atoms with van der Waals surface area (Å²) in [6, 6.07) is 12.1. The first-order chi connectivity index (χ1) is 20.2. The van der Waals surface area contributed by atoms with E-state index >= 15 is 0 Å². The van der Waals surface area contributed by atoms with E-state index < -0.39 is 17.6 Å². The number of carboxylic acids is 1. The number of aryl methyl sites for hydroxylation is 2. The Morgan fingerprint density at radius 1 is 1.00 bits per heavy atom. The molecule has 43 heavy (non-hydrogen) atoms. The molecule has 3 atom stereocenters. The quantitative estimate of drug-likeness (QED) is 0.348. The summed E-state index contributed by atoms with van der Waals surface area (Å²) in [6.45, 7) is 10.7. The molecule has 2 saturated heterocycles. The first-order valence-electron chi connectivity index (χ1n) is 14.6. The molecule has 2 bridgehead atoms. The number of nitrogens with one attached hydrogen (secondary N) is 1. The molecule has 0 radical (unpaired) electrons. The summed E-state index contributed by atoms with van der Waals surface area (Å²) in [5, 5.41) is 22.9. The third-order valence-electron chi connectivity index (χ3n) is 8.26. The van der Waals surface area contributed by atoms with Gasteiger partial charge in [0.2, 0.25) is 0 Å². The van der Waals surface area contributed by atoms with Crippen LogP contribution in [0, 0.1) is 6.92 Å². The molecule has 2 aliphatic rings. The number of phenolic OH excluding ortho intramolecular Hbond substituents is 1. The Hall–Kier alpha value is -4.47. The number of carbonyl (C=O) groups is 3. The lowest BCUT2D eigenvalue weighted by molar-refractivity contribution is 0.0123. The topological polar surface area (TPSA) is 124 Å². The number of ether oxygens (including phenoxy) is 1. The van der Waals surface area contributed by atoms with E-state index in [1.165, 1.54) is 4.57 Å². The van der Waals surface area contributed by atoms with E-state index in [-0.39, 0.29) is 35.5 Å². The van der Waals surface area contributed by atoms with Crippen LogP contribution in [-0.2, 0) is 11.8 Å². The van der Waals surface area contributed by atoms with Gasteiger partial charge in [-0.3, -0.25) is 9.69 Å². The highest BCUT2D eigenvalue weighted by molar-refractivity contribution is 5.97. The van der Waals surface area contributed by atoms with Gasteiger partial charge >= 0.3 is 12.1 Å². The van der Waals surface area contributed by atoms with Crippen LogP contribution in [0.5, 0.6) is 5.75 Å². The summed E-state index contributed by atoms with van der Waals surface area (Å²) in [7, 11) is 1.65. The number of aromatic nitrogens is 1. The van der Waals surface area contributed by atoms with E-state index in [9.17, 15) is 24.6 Å². The molecule has 2 aliphatic heterocycles. The van der Waals surface area contributed by atoms with Crippen molar-refractivity contribution < 1.29 is 29.3 Å². The van der Waals surface area contributed by atoms with E-state index in [0.717, 1.165) is 24.1 Å². The highest BCUT2D eigenvalue weighted by atomic mass is 16.6. The van der Waals surface area contributed by atoms with Crippen LogP contribution in [0.1, 0.15) is 78.6 Å². The highest BCUT2D eigenvalue weighted by Crippen LogP contribution is 2.35. The van der Waals surface area contributed by atoms with Crippen molar-refractivity contribution in [2.75, 3.05) is 18.0 Å². The standard InChI is InChI=1S/C33H40N4O6/c1-19-7-8-24(36-17-25-9-10-26(18-36)37(25)32(42)43-33(3,4)5)15-28(19)30(39)34-20(2)21-11-22(13-27(38)12-21)23-14-29(31(40)41)35(6)16-23/h7-8,11-16,20,25-26,38H,9-10,17-18H2,1-6H3,(H,34,39)(H,40,41)/t20-,25-,26+/m1/s1. The van der Waals surface area contributed by atoms with Crippen LogP contribution in [0.4, 0.5) is 10.5 Å². The van der Waals surface area contributed by atoms with E-state index in [1.54, 1.807) is 31.4 Å². The van der Waals surface area contributed by atoms with Gasteiger partial charge in [0, 0.05) is 43.1 Å². The molecule has 0 aliphatic carbocycles. The monoisotopic (exact) mass is 588 g/mol. The molecule has 2 amide bonds. The average molecular weight is 589 g/mol. The number of phenols is 1. The van der Waals surface area contributed by atoms with Crippen LogP contribution < -0.4 is 10.2 Å².